The molecule has 0 atom stereocenters. The first-order valence-electron chi connectivity index (χ1n) is 5.83. The summed E-state index contributed by atoms with van der Waals surface area (Å²) in [6.07, 6.45) is 0. The minimum Gasteiger partial charge on any atom is -0.507 e. The van der Waals surface area contributed by atoms with Gasteiger partial charge in [0, 0.05) is 0 Å². The predicted octanol–water partition coefficient (Wildman–Crippen LogP) is 3.43. The van der Waals surface area contributed by atoms with Crippen LogP contribution >= 0.6 is 0 Å². The molecule has 1 aromatic rings. The molecule has 3 nitrogen and oxygen atoms in total. The van der Waals surface area contributed by atoms with Crippen LogP contribution in [0.5, 0.6) is 5.75 Å². The standard InChI is InChI=1S/C14H20O3/c1-8(2)10-6-11(9(3)4)13(15)12(7-10)14(16)17-5/h6-9,15H,1-5H3. The van der Waals surface area contributed by atoms with Crippen molar-refractivity contribution in [2.24, 2.45) is 0 Å². The average molecular weight is 236 g/mol. The maximum Gasteiger partial charge on any atom is 0.341 e. The van der Waals surface area contributed by atoms with E-state index in [1.165, 1.54) is 7.11 Å². The molecule has 1 N–H and O–H groups in total. The second-order valence-electron chi connectivity index (χ2n) is 4.81. The number of esters is 1. The van der Waals surface area contributed by atoms with E-state index in [0.29, 0.717) is 5.92 Å². The largest absolute Gasteiger partial charge is 0.507 e. The van der Waals surface area contributed by atoms with Crippen molar-refractivity contribution in [2.45, 2.75) is 39.5 Å². The number of ether oxygens (including phenoxy) is 1. The molecule has 0 unspecified atom stereocenters. The number of carbonyl (C=O) groups is 1. The second-order valence-corrected chi connectivity index (χ2v) is 4.81. The number of benzene rings is 1. The number of hydrogen-bond acceptors (Lipinski definition) is 3. The zero-order valence-corrected chi connectivity index (χ0v) is 11.1. The van der Waals surface area contributed by atoms with Gasteiger partial charge in [-0.3, -0.25) is 0 Å². The molecule has 0 spiro atoms. The third-order valence-corrected chi connectivity index (χ3v) is 2.86. The maximum atomic E-state index is 11.6. The van der Waals surface area contributed by atoms with E-state index in [1.807, 2.05) is 19.9 Å². The number of hydrogen-bond donors (Lipinski definition) is 1. The zero-order valence-electron chi connectivity index (χ0n) is 11.1. The van der Waals surface area contributed by atoms with E-state index in [2.05, 4.69) is 18.6 Å². The molecule has 0 bridgehead atoms. The van der Waals surface area contributed by atoms with Crippen LogP contribution in [0.15, 0.2) is 12.1 Å². The molecular formula is C14H20O3. The van der Waals surface area contributed by atoms with Crippen molar-refractivity contribution < 1.29 is 14.6 Å². The van der Waals surface area contributed by atoms with Crippen molar-refractivity contribution in [3.8, 4) is 5.75 Å². The van der Waals surface area contributed by atoms with Gasteiger partial charge in [0.1, 0.15) is 11.3 Å². The zero-order chi connectivity index (χ0) is 13.2. The summed E-state index contributed by atoms with van der Waals surface area (Å²) in [5, 5.41) is 10.1. The van der Waals surface area contributed by atoms with E-state index in [1.54, 1.807) is 6.07 Å². The molecule has 0 aliphatic carbocycles. The summed E-state index contributed by atoms with van der Waals surface area (Å²) in [5.41, 5.74) is 2.07. The van der Waals surface area contributed by atoms with Crippen LogP contribution in [-0.4, -0.2) is 18.2 Å². The molecule has 0 aromatic heterocycles. The van der Waals surface area contributed by atoms with Crippen LogP contribution < -0.4 is 0 Å². The number of aromatic hydroxyl groups is 1. The van der Waals surface area contributed by atoms with Crippen LogP contribution in [0.4, 0.5) is 0 Å². The molecule has 0 saturated carbocycles. The molecule has 0 heterocycles. The Hall–Kier alpha value is -1.51. The lowest BCUT2D eigenvalue weighted by atomic mass is 9.92. The maximum absolute atomic E-state index is 11.6. The van der Waals surface area contributed by atoms with Gasteiger partial charge in [0.15, 0.2) is 0 Å². The Morgan fingerprint density at radius 2 is 1.76 bits per heavy atom. The molecule has 0 amide bonds. The molecule has 0 fully saturated rings. The minimum atomic E-state index is -0.494. The highest BCUT2D eigenvalue weighted by molar-refractivity contribution is 5.93. The Morgan fingerprint density at radius 3 is 2.18 bits per heavy atom. The Balaban J connectivity index is 3.43. The Bertz CT molecular complexity index is 420. The highest BCUT2D eigenvalue weighted by Crippen LogP contribution is 2.33. The lowest BCUT2D eigenvalue weighted by molar-refractivity contribution is 0.0597. The molecule has 0 saturated heterocycles. The molecule has 0 aliphatic heterocycles. The first kappa shape index (κ1) is 13.6. The van der Waals surface area contributed by atoms with E-state index < -0.39 is 5.97 Å². The van der Waals surface area contributed by atoms with Crippen LogP contribution in [0.2, 0.25) is 0 Å². The topological polar surface area (TPSA) is 46.5 Å². The van der Waals surface area contributed by atoms with E-state index >= 15 is 0 Å². The Kier molecular flexibility index (Phi) is 4.16. The summed E-state index contributed by atoms with van der Waals surface area (Å²) in [6.45, 7) is 8.08. The monoisotopic (exact) mass is 236 g/mol. The lowest BCUT2D eigenvalue weighted by Gasteiger charge is -2.16. The van der Waals surface area contributed by atoms with Crippen LogP contribution in [-0.2, 0) is 4.74 Å². The molecule has 1 aromatic carbocycles. The fraction of sp³-hybridized carbons (Fsp3) is 0.500. The number of rotatable bonds is 3. The van der Waals surface area contributed by atoms with E-state index in [9.17, 15) is 9.90 Å². The van der Waals surface area contributed by atoms with Gasteiger partial charge in [-0.15, -0.1) is 0 Å². The van der Waals surface area contributed by atoms with Crippen LogP contribution in [0, 0.1) is 0 Å². The third kappa shape index (κ3) is 2.78. The highest BCUT2D eigenvalue weighted by atomic mass is 16.5. The Morgan fingerprint density at radius 1 is 1.18 bits per heavy atom. The highest BCUT2D eigenvalue weighted by Gasteiger charge is 2.19. The normalized spacial score (nSPS) is 11.0. The summed E-state index contributed by atoms with van der Waals surface area (Å²) >= 11 is 0. The van der Waals surface area contributed by atoms with Gasteiger partial charge in [0.25, 0.3) is 0 Å². The van der Waals surface area contributed by atoms with Crippen molar-refractivity contribution >= 4 is 5.97 Å². The van der Waals surface area contributed by atoms with Crippen molar-refractivity contribution in [1.29, 1.82) is 0 Å². The van der Waals surface area contributed by atoms with Gasteiger partial charge in [-0.25, -0.2) is 4.79 Å². The van der Waals surface area contributed by atoms with Gasteiger partial charge in [-0.2, -0.15) is 0 Å². The van der Waals surface area contributed by atoms with Gasteiger partial charge in [0.2, 0.25) is 0 Å². The van der Waals surface area contributed by atoms with Gasteiger partial charge in [0.05, 0.1) is 7.11 Å². The van der Waals surface area contributed by atoms with Crippen molar-refractivity contribution in [1.82, 2.24) is 0 Å². The van der Waals surface area contributed by atoms with Crippen LogP contribution in [0.25, 0.3) is 0 Å². The van der Waals surface area contributed by atoms with Gasteiger partial charge in [-0.05, 0) is 29.0 Å². The number of carbonyl (C=O) groups excluding carboxylic acids is 1. The van der Waals surface area contributed by atoms with E-state index in [0.717, 1.165) is 11.1 Å². The number of phenols is 1. The smallest absolute Gasteiger partial charge is 0.341 e. The third-order valence-electron chi connectivity index (χ3n) is 2.86. The SMILES string of the molecule is COC(=O)c1cc(C(C)C)cc(C(C)C)c1O. The second kappa shape index (κ2) is 5.21. The number of methoxy groups -OCH3 is 1. The van der Waals surface area contributed by atoms with Gasteiger partial charge in [-0.1, -0.05) is 33.8 Å². The van der Waals surface area contributed by atoms with Gasteiger partial charge >= 0.3 is 5.97 Å². The summed E-state index contributed by atoms with van der Waals surface area (Å²) in [4.78, 5) is 11.6. The predicted molar refractivity (Wildman–Crippen MR) is 67.6 cm³/mol. The van der Waals surface area contributed by atoms with Crippen molar-refractivity contribution in [3.63, 3.8) is 0 Å². The van der Waals surface area contributed by atoms with Crippen LogP contribution in [0.1, 0.15) is 61.0 Å². The fourth-order valence-corrected chi connectivity index (χ4v) is 1.72. The molecule has 1 rings (SSSR count). The first-order chi connectivity index (χ1) is 7.88. The summed E-state index contributed by atoms with van der Waals surface area (Å²) in [6, 6.07) is 3.66. The molecular weight excluding hydrogens is 216 g/mol. The van der Waals surface area contributed by atoms with Crippen LogP contribution in [0.3, 0.4) is 0 Å². The molecule has 17 heavy (non-hydrogen) atoms. The molecule has 0 aliphatic rings. The fourth-order valence-electron chi connectivity index (χ4n) is 1.72. The molecule has 0 radical (unpaired) electrons. The quantitative estimate of drug-likeness (QED) is 0.818. The lowest BCUT2D eigenvalue weighted by Crippen LogP contribution is -2.06. The van der Waals surface area contributed by atoms with Gasteiger partial charge < -0.3 is 9.84 Å². The number of phenolic OH excluding ortho intramolecular Hbond substituents is 1. The van der Waals surface area contributed by atoms with E-state index in [4.69, 9.17) is 0 Å². The van der Waals surface area contributed by atoms with Crippen molar-refractivity contribution in [3.05, 3.63) is 28.8 Å². The summed E-state index contributed by atoms with van der Waals surface area (Å²) < 4.78 is 4.69. The first-order valence-corrected chi connectivity index (χ1v) is 5.83. The molecule has 3 heteroatoms. The van der Waals surface area contributed by atoms with E-state index in [-0.39, 0.29) is 17.2 Å². The average Bonchev–Trinajstić information content (AvgIpc) is 2.27. The van der Waals surface area contributed by atoms with Crippen molar-refractivity contribution in [2.75, 3.05) is 7.11 Å². The molecule has 94 valence electrons. The Labute approximate surface area is 102 Å². The summed E-state index contributed by atoms with van der Waals surface area (Å²) in [7, 11) is 1.32. The minimum absolute atomic E-state index is 0.0382. The summed E-state index contributed by atoms with van der Waals surface area (Å²) in [5.74, 6) is 0.0109.